The number of aromatic nitrogens is 1. The van der Waals surface area contributed by atoms with E-state index in [2.05, 4.69) is 61.0 Å². The van der Waals surface area contributed by atoms with Crippen LogP contribution < -0.4 is 5.73 Å². The van der Waals surface area contributed by atoms with E-state index in [1.54, 1.807) is 0 Å². The molecule has 0 bridgehead atoms. The zero-order chi connectivity index (χ0) is 15.2. The Morgan fingerprint density at radius 1 is 1.14 bits per heavy atom. The predicted octanol–water partition coefficient (Wildman–Crippen LogP) is 3.22. The standard InChI is InChI=1S/C18H25N3/c1-4-21(13-16-7-9-20-10-8-16)18(12-19)17-11-14(2)5-6-15(17)3/h5-11,18H,4,12-13,19H2,1-3H3. The first-order valence-electron chi connectivity index (χ1n) is 7.55. The molecule has 0 aliphatic rings. The van der Waals surface area contributed by atoms with Crippen molar-refractivity contribution in [2.75, 3.05) is 13.1 Å². The molecule has 0 amide bonds. The summed E-state index contributed by atoms with van der Waals surface area (Å²) in [5.74, 6) is 0. The summed E-state index contributed by atoms with van der Waals surface area (Å²) in [6.45, 7) is 8.98. The van der Waals surface area contributed by atoms with Gasteiger partial charge in [-0.3, -0.25) is 9.88 Å². The van der Waals surface area contributed by atoms with Crippen LogP contribution in [0, 0.1) is 13.8 Å². The van der Waals surface area contributed by atoms with Crippen molar-refractivity contribution in [1.82, 2.24) is 9.88 Å². The van der Waals surface area contributed by atoms with Crippen LogP contribution in [0.2, 0.25) is 0 Å². The quantitative estimate of drug-likeness (QED) is 0.885. The highest BCUT2D eigenvalue weighted by Crippen LogP contribution is 2.25. The number of nitrogens with two attached hydrogens (primary N) is 1. The minimum Gasteiger partial charge on any atom is -0.329 e. The smallest absolute Gasteiger partial charge is 0.0476 e. The maximum Gasteiger partial charge on any atom is 0.0476 e. The Labute approximate surface area is 127 Å². The number of likely N-dealkylation sites (N-methyl/N-ethyl adjacent to an activating group) is 1. The normalized spacial score (nSPS) is 12.6. The molecule has 0 spiro atoms. The van der Waals surface area contributed by atoms with E-state index in [1.165, 1.54) is 22.3 Å². The Kier molecular flexibility index (Phi) is 5.48. The second kappa shape index (κ2) is 7.34. The first kappa shape index (κ1) is 15.7. The molecule has 1 unspecified atom stereocenters. The molecule has 0 fully saturated rings. The van der Waals surface area contributed by atoms with Gasteiger partial charge in [0.1, 0.15) is 0 Å². The van der Waals surface area contributed by atoms with Gasteiger partial charge in [0.2, 0.25) is 0 Å². The Hall–Kier alpha value is -1.71. The summed E-state index contributed by atoms with van der Waals surface area (Å²) in [4.78, 5) is 6.51. The second-order valence-corrected chi connectivity index (χ2v) is 5.53. The lowest BCUT2D eigenvalue weighted by molar-refractivity contribution is 0.203. The Bertz CT molecular complexity index is 566. The topological polar surface area (TPSA) is 42.2 Å². The minimum atomic E-state index is 0.253. The highest BCUT2D eigenvalue weighted by atomic mass is 15.2. The van der Waals surface area contributed by atoms with Crippen molar-refractivity contribution >= 4 is 0 Å². The first-order chi connectivity index (χ1) is 10.2. The average molecular weight is 283 g/mol. The summed E-state index contributed by atoms with van der Waals surface area (Å²) >= 11 is 0. The van der Waals surface area contributed by atoms with Crippen molar-refractivity contribution in [2.45, 2.75) is 33.4 Å². The molecule has 112 valence electrons. The third-order valence-corrected chi connectivity index (χ3v) is 4.00. The SMILES string of the molecule is CCN(Cc1ccncc1)C(CN)c1cc(C)ccc1C. The van der Waals surface area contributed by atoms with Crippen LogP contribution in [0.1, 0.15) is 35.2 Å². The molecule has 3 nitrogen and oxygen atoms in total. The molecule has 1 aromatic carbocycles. The summed E-state index contributed by atoms with van der Waals surface area (Å²) in [5, 5.41) is 0. The van der Waals surface area contributed by atoms with Gasteiger partial charge in [-0.25, -0.2) is 0 Å². The minimum absolute atomic E-state index is 0.253. The van der Waals surface area contributed by atoms with E-state index in [-0.39, 0.29) is 6.04 Å². The van der Waals surface area contributed by atoms with Gasteiger partial charge in [0.15, 0.2) is 0 Å². The van der Waals surface area contributed by atoms with Crippen LogP contribution in [0.5, 0.6) is 0 Å². The Balaban J connectivity index is 2.27. The molecule has 1 heterocycles. The number of hydrogen-bond acceptors (Lipinski definition) is 3. The van der Waals surface area contributed by atoms with Crippen LogP contribution in [0.25, 0.3) is 0 Å². The van der Waals surface area contributed by atoms with E-state index in [1.807, 2.05) is 12.4 Å². The number of hydrogen-bond donors (Lipinski definition) is 1. The summed E-state index contributed by atoms with van der Waals surface area (Å²) in [7, 11) is 0. The monoisotopic (exact) mass is 283 g/mol. The summed E-state index contributed by atoms with van der Waals surface area (Å²) in [6, 6.07) is 11.0. The molecule has 2 N–H and O–H groups in total. The molecule has 0 saturated heterocycles. The zero-order valence-electron chi connectivity index (χ0n) is 13.2. The van der Waals surface area contributed by atoms with Crippen LogP contribution >= 0.6 is 0 Å². The molecule has 3 heteroatoms. The molecule has 0 radical (unpaired) electrons. The highest BCUT2D eigenvalue weighted by molar-refractivity contribution is 5.33. The fourth-order valence-electron chi connectivity index (χ4n) is 2.76. The van der Waals surface area contributed by atoms with E-state index >= 15 is 0 Å². The largest absolute Gasteiger partial charge is 0.329 e. The molecule has 2 aromatic rings. The first-order valence-corrected chi connectivity index (χ1v) is 7.55. The molecule has 1 atom stereocenters. The van der Waals surface area contributed by atoms with Crippen molar-refractivity contribution in [2.24, 2.45) is 5.73 Å². The number of rotatable bonds is 6. The van der Waals surface area contributed by atoms with Gasteiger partial charge in [-0.2, -0.15) is 0 Å². The van der Waals surface area contributed by atoms with E-state index in [4.69, 9.17) is 5.73 Å². The van der Waals surface area contributed by atoms with Gasteiger partial charge in [-0.15, -0.1) is 0 Å². The van der Waals surface area contributed by atoms with E-state index in [0.717, 1.165) is 13.1 Å². The van der Waals surface area contributed by atoms with Gasteiger partial charge in [-0.05, 0) is 49.2 Å². The fraction of sp³-hybridized carbons (Fsp3) is 0.389. The van der Waals surface area contributed by atoms with Crippen molar-refractivity contribution in [1.29, 1.82) is 0 Å². The number of pyridine rings is 1. The lowest BCUT2D eigenvalue weighted by Gasteiger charge is -2.31. The van der Waals surface area contributed by atoms with E-state index in [9.17, 15) is 0 Å². The third-order valence-electron chi connectivity index (χ3n) is 4.00. The average Bonchev–Trinajstić information content (AvgIpc) is 2.51. The van der Waals surface area contributed by atoms with Gasteiger partial charge >= 0.3 is 0 Å². The van der Waals surface area contributed by atoms with Crippen molar-refractivity contribution < 1.29 is 0 Å². The van der Waals surface area contributed by atoms with Crippen LogP contribution in [0.4, 0.5) is 0 Å². The molecule has 0 aliphatic carbocycles. The van der Waals surface area contributed by atoms with Gasteiger partial charge < -0.3 is 5.73 Å². The molecule has 2 rings (SSSR count). The fourth-order valence-corrected chi connectivity index (χ4v) is 2.76. The second-order valence-electron chi connectivity index (χ2n) is 5.53. The number of benzene rings is 1. The molecular formula is C18H25N3. The lowest BCUT2D eigenvalue weighted by atomic mass is 9.97. The van der Waals surface area contributed by atoms with E-state index < -0.39 is 0 Å². The van der Waals surface area contributed by atoms with E-state index in [0.29, 0.717) is 6.54 Å². The summed E-state index contributed by atoms with van der Waals surface area (Å²) in [5.41, 5.74) is 11.3. The van der Waals surface area contributed by atoms with Gasteiger partial charge in [0.05, 0.1) is 0 Å². The van der Waals surface area contributed by atoms with Crippen molar-refractivity contribution in [3.63, 3.8) is 0 Å². The van der Waals surface area contributed by atoms with Gasteiger partial charge in [-0.1, -0.05) is 30.7 Å². The van der Waals surface area contributed by atoms with Gasteiger partial charge in [0.25, 0.3) is 0 Å². The van der Waals surface area contributed by atoms with Crippen LogP contribution in [0.15, 0.2) is 42.7 Å². The lowest BCUT2D eigenvalue weighted by Crippen LogP contribution is -2.33. The van der Waals surface area contributed by atoms with Gasteiger partial charge in [0, 0.05) is 31.5 Å². The molecule has 0 saturated carbocycles. The number of nitrogens with zero attached hydrogens (tertiary/aromatic N) is 2. The van der Waals surface area contributed by atoms with Crippen molar-refractivity contribution in [3.05, 3.63) is 65.0 Å². The maximum atomic E-state index is 6.10. The zero-order valence-corrected chi connectivity index (χ0v) is 13.2. The molecule has 0 aliphatic heterocycles. The maximum absolute atomic E-state index is 6.10. The third kappa shape index (κ3) is 3.90. The van der Waals surface area contributed by atoms with Crippen LogP contribution in [0.3, 0.4) is 0 Å². The molecule has 1 aromatic heterocycles. The Morgan fingerprint density at radius 2 is 1.86 bits per heavy atom. The molecular weight excluding hydrogens is 258 g/mol. The summed E-state index contributed by atoms with van der Waals surface area (Å²) < 4.78 is 0. The summed E-state index contributed by atoms with van der Waals surface area (Å²) in [6.07, 6.45) is 3.69. The predicted molar refractivity (Wildman–Crippen MR) is 88.0 cm³/mol. The van der Waals surface area contributed by atoms with Crippen molar-refractivity contribution in [3.8, 4) is 0 Å². The molecule has 21 heavy (non-hydrogen) atoms. The van der Waals surface area contributed by atoms with Crippen LogP contribution in [-0.2, 0) is 6.54 Å². The Morgan fingerprint density at radius 3 is 2.48 bits per heavy atom. The number of aryl methyl sites for hydroxylation is 2. The highest BCUT2D eigenvalue weighted by Gasteiger charge is 2.19. The van der Waals surface area contributed by atoms with Crippen LogP contribution in [-0.4, -0.2) is 23.0 Å².